The second-order valence-electron chi connectivity index (χ2n) is 4.80. The van der Waals surface area contributed by atoms with Crippen LogP contribution in [0.4, 0.5) is 0 Å². The first-order chi connectivity index (χ1) is 9.16. The Morgan fingerprint density at radius 2 is 1.89 bits per heavy atom. The average molecular weight is 255 g/mol. The van der Waals surface area contributed by atoms with E-state index >= 15 is 0 Å². The summed E-state index contributed by atoms with van der Waals surface area (Å²) in [6.07, 6.45) is 21.4. The zero-order valence-electron chi connectivity index (χ0n) is 12.6. The molecule has 0 fully saturated rings. The van der Waals surface area contributed by atoms with Gasteiger partial charge in [-0.05, 0) is 37.8 Å². The van der Waals surface area contributed by atoms with E-state index in [-0.39, 0.29) is 0 Å². The highest BCUT2D eigenvalue weighted by Gasteiger charge is 2.07. The van der Waals surface area contributed by atoms with E-state index in [1.807, 2.05) is 13.0 Å². The minimum absolute atomic E-state index is 0.991. The van der Waals surface area contributed by atoms with Crippen LogP contribution in [-0.4, -0.2) is 19.0 Å². The van der Waals surface area contributed by atoms with Crippen LogP contribution >= 0.6 is 0 Å². The molecule has 0 aromatic heterocycles. The van der Waals surface area contributed by atoms with Crippen molar-refractivity contribution in [2.75, 3.05) is 14.1 Å². The molecular formula is C18H25N. The van der Waals surface area contributed by atoms with E-state index in [0.717, 1.165) is 12.8 Å². The lowest BCUT2D eigenvalue weighted by Crippen LogP contribution is -2.11. The van der Waals surface area contributed by atoms with Gasteiger partial charge in [-0.1, -0.05) is 54.7 Å². The molecule has 0 unspecified atom stereocenters. The van der Waals surface area contributed by atoms with Gasteiger partial charge in [-0.2, -0.15) is 0 Å². The number of hydrogen-bond acceptors (Lipinski definition) is 1. The molecule has 0 amide bonds. The highest BCUT2D eigenvalue weighted by Crippen LogP contribution is 2.23. The second-order valence-corrected chi connectivity index (χ2v) is 4.80. The molecule has 0 aliphatic heterocycles. The van der Waals surface area contributed by atoms with Crippen molar-refractivity contribution >= 4 is 0 Å². The largest absolute Gasteiger partial charge is 0.381 e. The van der Waals surface area contributed by atoms with E-state index in [1.165, 1.54) is 16.8 Å². The summed E-state index contributed by atoms with van der Waals surface area (Å²) in [5.74, 6) is 0. The van der Waals surface area contributed by atoms with E-state index in [1.54, 1.807) is 0 Å². The minimum atomic E-state index is 0.991. The van der Waals surface area contributed by atoms with Crippen molar-refractivity contribution in [2.45, 2.75) is 26.7 Å². The molecule has 0 saturated carbocycles. The summed E-state index contributed by atoms with van der Waals surface area (Å²) in [7, 11) is 4.19. The molecular weight excluding hydrogens is 230 g/mol. The number of nitrogens with zero attached hydrogens (tertiary/aromatic N) is 1. The van der Waals surface area contributed by atoms with E-state index in [4.69, 9.17) is 0 Å². The van der Waals surface area contributed by atoms with Crippen LogP contribution in [0, 0.1) is 0 Å². The van der Waals surface area contributed by atoms with E-state index in [0.29, 0.717) is 0 Å². The molecule has 0 aromatic rings. The van der Waals surface area contributed by atoms with Crippen molar-refractivity contribution < 1.29 is 0 Å². The fraction of sp³-hybridized carbons (Fsp3) is 0.333. The Bertz CT molecular complexity index is 454. The lowest BCUT2D eigenvalue weighted by atomic mass is 9.97. The standard InChI is InChI=1S/C18H25N/c1-5-6-10-15-18(16(2)19(3)4)17-13-11-8-7-9-12-14-17/h5-11,14-15H,12-13H2,1-4H3/b6-5-,9-7-,11-8-,15-10-,17-14?,18-16-. The third-order valence-electron chi connectivity index (χ3n) is 3.19. The highest BCUT2D eigenvalue weighted by molar-refractivity contribution is 5.45. The van der Waals surface area contributed by atoms with Gasteiger partial charge in [0.25, 0.3) is 0 Å². The van der Waals surface area contributed by atoms with Gasteiger partial charge in [0.2, 0.25) is 0 Å². The van der Waals surface area contributed by atoms with Crippen LogP contribution in [0.3, 0.4) is 0 Å². The SMILES string of the molecule is C\C=C/C=C\C(C1=CC/C=C\C=C/C1)=C(/C)N(C)C. The van der Waals surface area contributed by atoms with E-state index in [2.05, 4.69) is 74.5 Å². The van der Waals surface area contributed by atoms with Crippen molar-refractivity contribution in [1.29, 1.82) is 0 Å². The molecule has 1 aliphatic carbocycles. The van der Waals surface area contributed by atoms with Gasteiger partial charge in [0, 0.05) is 19.8 Å². The normalized spacial score (nSPS) is 20.7. The Morgan fingerprint density at radius 3 is 2.58 bits per heavy atom. The molecule has 1 heteroatoms. The van der Waals surface area contributed by atoms with Crippen LogP contribution in [0.1, 0.15) is 26.7 Å². The van der Waals surface area contributed by atoms with Gasteiger partial charge in [-0.25, -0.2) is 0 Å². The van der Waals surface area contributed by atoms with Crippen molar-refractivity contribution in [2.24, 2.45) is 0 Å². The molecule has 0 bridgehead atoms. The van der Waals surface area contributed by atoms with Crippen LogP contribution in [0.2, 0.25) is 0 Å². The topological polar surface area (TPSA) is 3.24 Å². The first-order valence-corrected chi connectivity index (χ1v) is 6.85. The summed E-state index contributed by atoms with van der Waals surface area (Å²) in [6.45, 7) is 4.21. The zero-order chi connectivity index (χ0) is 14.1. The molecule has 0 N–H and O–H groups in total. The lowest BCUT2D eigenvalue weighted by Gasteiger charge is -2.19. The Balaban J connectivity index is 3.12. The summed E-state index contributed by atoms with van der Waals surface area (Å²) in [4.78, 5) is 2.18. The monoisotopic (exact) mass is 255 g/mol. The summed E-state index contributed by atoms with van der Waals surface area (Å²) in [5.41, 5.74) is 4.01. The summed E-state index contributed by atoms with van der Waals surface area (Å²) < 4.78 is 0. The first-order valence-electron chi connectivity index (χ1n) is 6.85. The molecule has 0 heterocycles. The van der Waals surface area contributed by atoms with Crippen molar-refractivity contribution in [3.63, 3.8) is 0 Å². The molecule has 0 atom stereocenters. The zero-order valence-corrected chi connectivity index (χ0v) is 12.6. The second kappa shape index (κ2) is 8.36. The molecule has 1 nitrogen and oxygen atoms in total. The van der Waals surface area contributed by atoms with Crippen LogP contribution in [-0.2, 0) is 0 Å². The van der Waals surface area contributed by atoms with Crippen LogP contribution in [0.25, 0.3) is 0 Å². The summed E-state index contributed by atoms with van der Waals surface area (Å²) in [6, 6.07) is 0. The van der Waals surface area contributed by atoms with Gasteiger partial charge in [0.05, 0.1) is 0 Å². The Labute approximate surface area is 118 Å². The quantitative estimate of drug-likeness (QED) is 0.653. The van der Waals surface area contributed by atoms with Gasteiger partial charge in [0.1, 0.15) is 0 Å². The van der Waals surface area contributed by atoms with Gasteiger partial charge in [-0.3, -0.25) is 0 Å². The van der Waals surface area contributed by atoms with Crippen LogP contribution in [0.5, 0.6) is 0 Å². The molecule has 19 heavy (non-hydrogen) atoms. The van der Waals surface area contributed by atoms with Gasteiger partial charge in [-0.15, -0.1) is 0 Å². The molecule has 102 valence electrons. The predicted octanol–water partition coefficient (Wildman–Crippen LogP) is 4.79. The Morgan fingerprint density at radius 1 is 1.16 bits per heavy atom. The molecule has 0 aromatic carbocycles. The number of rotatable bonds is 4. The Kier molecular flexibility index (Phi) is 6.73. The molecule has 0 saturated heterocycles. The van der Waals surface area contributed by atoms with E-state index < -0.39 is 0 Å². The molecule has 0 spiro atoms. The number of allylic oxidation sites excluding steroid dienone is 12. The maximum Gasteiger partial charge on any atom is 0.0172 e. The van der Waals surface area contributed by atoms with Crippen LogP contribution < -0.4 is 0 Å². The first kappa shape index (κ1) is 15.3. The summed E-state index contributed by atoms with van der Waals surface area (Å²) >= 11 is 0. The maximum atomic E-state index is 2.32. The van der Waals surface area contributed by atoms with Crippen molar-refractivity contribution in [1.82, 2.24) is 4.90 Å². The third kappa shape index (κ3) is 5.17. The van der Waals surface area contributed by atoms with Crippen LogP contribution in [0.15, 0.2) is 71.5 Å². The molecule has 1 aliphatic rings. The highest BCUT2D eigenvalue weighted by atomic mass is 15.1. The maximum absolute atomic E-state index is 2.32. The van der Waals surface area contributed by atoms with Crippen molar-refractivity contribution in [3.05, 3.63) is 71.5 Å². The van der Waals surface area contributed by atoms with Gasteiger partial charge in [0.15, 0.2) is 0 Å². The summed E-state index contributed by atoms with van der Waals surface area (Å²) in [5, 5.41) is 0. The third-order valence-corrected chi connectivity index (χ3v) is 3.19. The predicted molar refractivity (Wildman–Crippen MR) is 85.9 cm³/mol. The molecule has 0 radical (unpaired) electrons. The van der Waals surface area contributed by atoms with Crippen molar-refractivity contribution in [3.8, 4) is 0 Å². The van der Waals surface area contributed by atoms with Gasteiger partial charge >= 0.3 is 0 Å². The lowest BCUT2D eigenvalue weighted by molar-refractivity contribution is 0.509. The number of hydrogen-bond donors (Lipinski definition) is 0. The fourth-order valence-corrected chi connectivity index (χ4v) is 1.91. The van der Waals surface area contributed by atoms with E-state index in [9.17, 15) is 0 Å². The average Bonchev–Trinajstić information content (AvgIpc) is 2.34. The molecule has 1 rings (SSSR count). The van der Waals surface area contributed by atoms with Gasteiger partial charge < -0.3 is 4.90 Å². The smallest absolute Gasteiger partial charge is 0.0172 e. The minimum Gasteiger partial charge on any atom is -0.381 e. The fourth-order valence-electron chi connectivity index (χ4n) is 1.91. The Hall–Kier alpha value is -1.76.